The SMILES string of the molecule is CCn1cc(C2(C)CNC(=O)C2)cn1. The van der Waals surface area contributed by atoms with Gasteiger partial charge in [-0.1, -0.05) is 6.92 Å². The first kappa shape index (κ1) is 9.24. The van der Waals surface area contributed by atoms with Crippen molar-refractivity contribution < 1.29 is 4.79 Å². The van der Waals surface area contributed by atoms with E-state index in [1.54, 1.807) is 0 Å². The Hall–Kier alpha value is -1.32. The Labute approximate surface area is 83.3 Å². The third-order valence-electron chi connectivity index (χ3n) is 2.88. The fraction of sp³-hybridized carbons (Fsp3) is 0.600. The lowest BCUT2D eigenvalue weighted by Crippen LogP contribution is -2.24. The second kappa shape index (κ2) is 3.12. The molecule has 0 bridgehead atoms. The predicted octanol–water partition coefficient (Wildman–Crippen LogP) is 0.681. The van der Waals surface area contributed by atoms with E-state index in [1.165, 1.54) is 0 Å². The number of aromatic nitrogens is 2. The van der Waals surface area contributed by atoms with Gasteiger partial charge in [0.2, 0.25) is 5.91 Å². The fourth-order valence-electron chi connectivity index (χ4n) is 1.83. The molecular formula is C10H15N3O. The lowest BCUT2D eigenvalue weighted by Gasteiger charge is -2.18. The molecule has 14 heavy (non-hydrogen) atoms. The van der Waals surface area contributed by atoms with E-state index in [4.69, 9.17) is 0 Å². The highest BCUT2D eigenvalue weighted by Crippen LogP contribution is 2.29. The fourth-order valence-corrected chi connectivity index (χ4v) is 1.83. The van der Waals surface area contributed by atoms with E-state index in [2.05, 4.69) is 24.3 Å². The number of rotatable bonds is 2. The number of hydrogen-bond acceptors (Lipinski definition) is 2. The smallest absolute Gasteiger partial charge is 0.220 e. The van der Waals surface area contributed by atoms with Gasteiger partial charge in [0.1, 0.15) is 0 Å². The predicted molar refractivity (Wildman–Crippen MR) is 52.9 cm³/mol. The summed E-state index contributed by atoms with van der Waals surface area (Å²) in [5.41, 5.74) is 1.09. The van der Waals surface area contributed by atoms with Crippen LogP contribution in [0.25, 0.3) is 0 Å². The van der Waals surface area contributed by atoms with Crippen LogP contribution in [0.4, 0.5) is 0 Å². The van der Waals surface area contributed by atoms with Gasteiger partial charge in [-0.15, -0.1) is 0 Å². The van der Waals surface area contributed by atoms with E-state index in [1.807, 2.05) is 17.1 Å². The minimum absolute atomic E-state index is 0.0650. The average molecular weight is 193 g/mol. The zero-order chi connectivity index (χ0) is 10.2. The molecule has 1 atom stereocenters. The molecule has 1 amide bonds. The average Bonchev–Trinajstić information content (AvgIpc) is 2.73. The highest BCUT2D eigenvalue weighted by molar-refractivity contribution is 5.80. The summed E-state index contributed by atoms with van der Waals surface area (Å²) in [6.45, 7) is 5.75. The third kappa shape index (κ3) is 1.41. The van der Waals surface area contributed by atoms with Gasteiger partial charge in [-0.2, -0.15) is 5.10 Å². The van der Waals surface area contributed by atoms with Crippen LogP contribution in [0.2, 0.25) is 0 Å². The van der Waals surface area contributed by atoms with Crippen molar-refractivity contribution in [2.45, 2.75) is 32.2 Å². The van der Waals surface area contributed by atoms with Crippen molar-refractivity contribution in [2.75, 3.05) is 6.54 Å². The van der Waals surface area contributed by atoms with E-state index in [9.17, 15) is 4.79 Å². The Morgan fingerprint density at radius 1 is 1.71 bits per heavy atom. The minimum Gasteiger partial charge on any atom is -0.355 e. The molecule has 4 nitrogen and oxygen atoms in total. The van der Waals surface area contributed by atoms with Crippen molar-refractivity contribution >= 4 is 5.91 Å². The summed E-state index contributed by atoms with van der Waals surface area (Å²) in [6, 6.07) is 0. The monoisotopic (exact) mass is 193 g/mol. The molecule has 0 saturated carbocycles. The molecule has 1 unspecified atom stereocenters. The topological polar surface area (TPSA) is 46.9 Å². The summed E-state index contributed by atoms with van der Waals surface area (Å²) in [5, 5.41) is 7.09. The number of nitrogens with zero attached hydrogens (tertiary/aromatic N) is 2. The summed E-state index contributed by atoms with van der Waals surface area (Å²) in [5.74, 6) is 0.136. The van der Waals surface area contributed by atoms with Crippen molar-refractivity contribution in [1.82, 2.24) is 15.1 Å². The second-order valence-corrected chi connectivity index (χ2v) is 4.10. The van der Waals surface area contributed by atoms with Crippen molar-refractivity contribution in [2.24, 2.45) is 0 Å². The molecule has 1 saturated heterocycles. The van der Waals surface area contributed by atoms with Gasteiger partial charge in [-0.3, -0.25) is 9.48 Å². The molecule has 1 aliphatic rings. The standard InChI is InChI=1S/C10H15N3O/c1-3-13-6-8(5-12-13)10(2)4-9(14)11-7-10/h5-6H,3-4,7H2,1-2H3,(H,11,14). The molecule has 1 N–H and O–H groups in total. The normalized spacial score (nSPS) is 26.6. The van der Waals surface area contributed by atoms with Crippen LogP contribution in [0.5, 0.6) is 0 Å². The zero-order valence-corrected chi connectivity index (χ0v) is 8.58. The minimum atomic E-state index is -0.0650. The van der Waals surface area contributed by atoms with E-state index in [0.29, 0.717) is 6.42 Å². The number of hydrogen-bond donors (Lipinski definition) is 1. The number of amides is 1. The Balaban J connectivity index is 2.25. The van der Waals surface area contributed by atoms with Crippen LogP contribution in [-0.4, -0.2) is 22.2 Å². The van der Waals surface area contributed by atoms with Crippen LogP contribution < -0.4 is 5.32 Å². The molecule has 0 radical (unpaired) electrons. The van der Waals surface area contributed by atoms with E-state index >= 15 is 0 Å². The number of aryl methyl sites for hydroxylation is 1. The van der Waals surface area contributed by atoms with Crippen molar-refractivity contribution in [3.63, 3.8) is 0 Å². The first-order chi connectivity index (χ1) is 6.64. The summed E-state index contributed by atoms with van der Waals surface area (Å²) < 4.78 is 1.89. The molecule has 1 fully saturated rings. The molecular weight excluding hydrogens is 178 g/mol. The molecule has 1 aliphatic heterocycles. The van der Waals surface area contributed by atoms with Gasteiger partial charge in [0.05, 0.1) is 6.20 Å². The molecule has 0 aliphatic carbocycles. The molecule has 76 valence electrons. The lowest BCUT2D eigenvalue weighted by atomic mass is 9.84. The molecule has 2 heterocycles. The highest BCUT2D eigenvalue weighted by atomic mass is 16.1. The summed E-state index contributed by atoms with van der Waals surface area (Å²) in [6.07, 6.45) is 4.46. The first-order valence-corrected chi connectivity index (χ1v) is 4.94. The zero-order valence-electron chi connectivity index (χ0n) is 8.58. The molecule has 2 rings (SSSR count). The molecule has 1 aromatic heterocycles. The summed E-state index contributed by atoms with van der Waals surface area (Å²) in [4.78, 5) is 11.2. The Bertz CT molecular complexity index is 358. The Morgan fingerprint density at radius 2 is 2.50 bits per heavy atom. The van der Waals surface area contributed by atoms with E-state index in [0.717, 1.165) is 18.7 Å². The third-order valence-corrected chi connectivity index (χ3v) is 2.88. The van der Waals surface area contributed by atoms with Gasteiger partial charge in [0.15, 0.2) is 0 Å². The number of nitrogens with one attached hydrogen (secondary N) is 1. The van der Waals surface area contributed by atoms with Gasteiger partial charge in [-0.25, -0.2) is 0 Å². The maximum Gasteiger partial charge on any atom is 0.220 e. The highest BCUT2D eigenvalue weighted by Gasteiger charge is 2.36. The van der Waals surface area contributed by atoms with Crippen molar-refractivity contribution in [1.29, 1.82) is 0 Å². The first-order valence-electron chi connectivity index (χ1n) is 4.94. The number of carbonyl (C=O) groups excluding carboxylic acids is 1. The number of carbonyl (C=O) groups is 1. The van der Waals surface area contributed by atoms with Crippen molar-refractivity contribution in [3.8, 4) is 0 Å². The maximum atomic E-state index is 11.2. The Kier molecular flexibility index (Phi) is 2.06. The molecule has 4 heteroatoms. The molecule has 1 aromatic rings. The van der Waals surface area contributed by atoms with Gasteiger partial charge in [0.25, 0.3) is 0 Å². The van der Waals surface area contributed by atoms with Crippen LogP contribution in [0.1, 0.15) is 25.8 Å². The van der Waals surface area contributed by atoms with Gasteiger partial charge < -0.3 is 5.32 Å². The van der Waals surface area contributed by atoms with E-state index in [-0.39, 0.29) is 11.3 Å². The van der Waals surface area contributed by atoms with Gasteiger partial charge in [0, 0.05) is 31.1 Å². The van der Waals surface area contributed by atoms with Crippen molar-refractivity contribution in [3.05, 3.63) is 18.0 Å². The van der Waals surface area contributed by atoms with Crippen LogP contribution in [0.15, 0.2) is 12.4 Å². The van der Waals surface area contributed by atoms with E-state index < -0.39 is 0 Å². The van der Waals surface area contributed by atoms with Gasteiger partial charge >= 0.3 is 0 Å². The second-order valence-electron chi connectivity index (χ2n) is 4.10. The summed E-state index contributed by atoms with van der Waals surface area (Å²) >= 11 is 0. The van der Waals surface area contributed by atoms with Crippen LogP contribution in [0.3, 0.4) is 0 Å². The molecule has 0 spiro atoms. The summed E-state index contributed by atoms with van der Waals surface area (Å²) in [7, 11) is 0. The van der Waals surface area contributed by atoms with Crippen LogP contribution in [-0.2, 0) is 16.8 Å². The molecule has 0 aromatic carbocycles. The Morgan fingerprint density at radius 3 is 3.00 bits per heavy atom. The maximum absolute atomic E-state index is 11.2. The lowest BCUT2D eigenvalue weighted by molar-refractivity contribution is -0.119. The quantitative estimate of drug-likeness (QED) is 0.750. The largest absolute Gasteiger partial charge is 0.355 e. The van der Waals surface area contributed by atoms with Crippen LogP contribution in [0, 0.1) is 0 Å². The van der Waals surface area contributed by atoms with Gasteiger partial charge in [-0.05, 0) is 12.5 Å². The van der Waals surface area contributed by atoms with Crippen LogP contribution >= 0.6 is 0 Å².